The number of aryl methyl sites for hydroxylation is 1. The molecule has 0 bridgehead atoms. The highest BCUT2D eigenvalue weighted by molar-refractivity contribution is 5.88. The summed E-state index contributed by atoms with van der Waals surface area (Å²) in [4.78, 5) is 15.8. The van der Waals surface area contributed by atoms with Crippen LogP contribution >= 0.6 is 0 Å². The molecule has 0 radical (unpaired) electrons. The number of fused-ring (bicyclic) bond motifs is 1. The predicted octanol–water partition coefficient (Wildman–Crippen LogP) is 3.45. The Morgan fingerprint density at radius 1 is 1.35 bits per heavy atom. The van der Waals surface area contributed by atoms with E-state index in [-0.39, 0.29) is 5.69 Å². The zero-order valence-corrected chi connectivity index (χ0v) is 11.8. The lowest BCUT2D eigenvalue weighted by Crippen LogP contribution is -2.17. The number of nitrogens with zero attached hydrogens (tertiary/aromatic N) is 2. The zero-order chi connectivity index (χ0) is 14.3. The Morgan fingerprint density at radius 3 is 2.70 bits per heavy atom. The van der Waals surface area contributed by atoms with E-state index in [0.29, 0.717) is 6.04 Å². The first kappa shape index (κ1) is 12.9. The molecule has 1 aromatic carbocycles. The molecule has 2 aromatic rings. The molecule has 1 aliphatic heterocycles. The first-order valence-corrected chi connectivity index (χ1v) is 6.99. The van der Waals surface area contributed by atoms with Crippen LogP contribution in [-0.2, 0) is 6.42 Å². The van der Waals surface area contributed by atoms with E-state index in [0.717, 1.165) is 36.3 Å². The molecule has 1 aliphatic rings. The molecule has 4 nitrogen and oxygen atoms in total. The smallest absolute Gasteiger partial charge is 0.356 e. The number of carbonyl (C=O) groups is 1. The van der Waals surface area contributed by atoms with Crippen molar-refractivity contribution in [2.75, 3.05) is 0 Å². The molecule has 1 unspecified atom stereocenters. The summed E-state index contributed by atoms with van der Waals surface area (Å²) in [7, 11) is 0. The Kier molecular flexibility index (Phi) is 3.08. The standard InChI is InChI=1S/C16H18N2O2/c1-10-6-8-12(9-7-10)15-17-14(16(19)20)13-5-3-4-11(2)18(13)15/h6-9,11H,3-5H2,1-2H3,(H,19,20). The second-order valence-corrected chi connectivity index (χ2v) is 5.51. The lowest BCUT2D eigenvalue weighted by atomic mass is 10.0. The van der Waals surface area contributed by atoms with E-state index in [9.17, 15) is 9.90 Å². The predicted molar refractivity (Wildman–Crippen MR) is 77.0 cm³/mol. The maximum Gasteiger partial charge on any atom is 0.356 e. The fourth-order valence-electron chi connectivity index (χ4n) is 2.95. The van der Waals surface area contributed by atoms with E-state index in [1.807, 2.05) is 31.2 Å². The van der Waals surface area contributed by atoms with Crippen LogP contribution in [-0.4, -0.2) is 20.6 Å². The van der Waals surface area contributed by atoms with Crippen LogP contribution < -0.4 is 0 Å². The van der Waals surface area contributed by atoms with Crippen LogP contribution in [0.4, 0.5) is 0 Å². The lowest BCUT2D eigenvalue weighted by molar-refractivity contribution is 0.0689. The minimum Gasteiger partial charge on any atom is -0.476 e. The second-order valence-electron chi connectivity index (χ2n) is 5.51. The van der Waals surface area contributed by atoms with Crippen molar-refractivity contribution in [3.8, 4) is 11.4 Å². The molecule has 0 aliphatic carbocycles. The number of carboxylic acid groups (broad SMARTS) is 1. The number of benzene rings is 1. The molecule has 0 saturated carbocycles. The van der Waals surface area contributed by atoms with E-state index in [4.69, 9.17) is 0 Å². The van der Waals surface area contributed by atoms with E-state index >= 15 is 0 Å². The molecule has 0 spiro atoms. The van der Waals surface area contributed by atoms with Crippen molar-refractivity contribution in [3.05, 3.63) is 41.2 Å². The fourth-order valence-corrected chi connectivity index (χ4v) is 2.95. The zero-order valence-electron chi connectivity index (χ0n) is 11.8. The van der Waals surface area contributed by atoms with Crippen LogP contribution in [0.25, 0.3) is 11.4 Å². The summed E-state index contributed by atoms with van der Waals surface area (Å²) in [5.74, 6) is -0.147. The topological polar surface area (TPSA) is 55.1 Å². The van der Waals surface area contributed by atoms with Gasteiger partial charge in [0.25, 0.3) is 0 Å². The molecular formula is C16H18N2O2. The molecule has 3 rings (SSSR count). The molecule has 104 valence electrons. The summed E-state index contributed by atoms with van der Waals surface area (Å²) >= 11 is 0. The van der Waals surface area contributed by atoms with Crippen LogP contribution in [0.1, 0.15) is 47.6 Å². The van der Waals surface area contributed by atoms with E-state index in [2.05, 4.69) is 16.5 Å². The highest BCUT2D eigenvalue weighted by Crippen LogP contribution is 2.33. The Labute approximate surface area is 118 Å². The minimum absolute atomic E-state index is 0.215. The maximum atomic E-state index is 11.4. The minimum atomic E-state index is -0.929. The lowest BCUT2D eigenvalue weighted by Gasteiger charge is -2.24. The van der Waals surface area contributed by atoms with Gasteiger partial charge < -0.3 is 9.67 Å². The van der Waals surface area contributed by atoms with E-state index in [1.165, 1.54) is 5.56 Å². The summed E-state index contributed by atoms with van der Waals surface area (Å²) < 4.78 is 2.11. The fraction of sp³-hybridized carbons (Fsp3) is 0.375. The van der Waals surface area contributed by atoms with E-state index in [1.54, 1.807) is 0 Å². The first-order chi connectivity index (χ1) is 9.58. The van der Waals surface area contributed by atoms with Crippen LogP contribution in [0.3, 0.4) is 0 Å². The van der Waals surface area contributed by atoms with Crippen molar-refractivity contribution in [2.45, 2.75) is 39.2 Å². The van der Waals surface area contributed by atoms with Crippen molar-refractivity contribution in [2.24, 2.45) is 0 Å². The maximum absolute atomic E-state index is 11.4. The van der Waals surface area contributed by atoms with Gasteiger partial charge in [0.1, 0.15) is 5.82 Å². The normalized spacial score (nSPS) is 17.8. The molecule has 4 heteroatoms. The summed E-state index contributed by atoms with van der Waals surface area (Å²) in [6, 6.07) is 8.39. The number of hydrogen-bond donors (Lipinski definition) is 1. The average Bonchev–Trinajstić information content (AvgIpc) is 2.81. The van der Waals surface area contributed by atoms with Gasteiger partial charge in [-0.05, 0) is 33.1 Å². The molecule has 0 fully saturated rings. The van der Waals surface area contributed by atoms with Crippen molar-refractivity contribution in [1.29, 1.82) is 0 Å². The quantitative estimate of drug-likeness (QED) is 0.909. The van der Waals surface area contributed by atoms with Gasteiger partial charge in [0.05, 0.1) is 5.69 Å². The van der Waals surface area contributed by atoms with Gasteiger partial charge in [-0.15, -0.1) is 0 Å². The van der Waals surface area contributed by atoms with Crippen molar-refractivity contribution in [3.63, 3.8) is 0 Å². The van der Waals surface area contributed by atoms with E-state index < -0.39 is 5.97 Å². The molecule has 0 amide bonds. The first-order valence-electron chi connectivity index (χ1n) is 6.99. The summed E-state index contributed by atoms with van der Waals surface area (Å²) in [5, 5.41) is 9.36. The number of imidazole rings is 1. The Bertz CT molecular complexity index is 656. The van der Waals surface area contributed by atoms with Gasteiger partial charge in [0.15, 0.2) is 5.69 Å². The van der Waals surface area contributed by atoms with Crippen LogP contribution in [0, 0.1) is 6.92 Å². The Morgan fingerprint density at radius 2 is 2.05 bits per heavy atom. The molecule has 1 atom stereocenters. The third kappa shape index (κ3) is 2.01. The average molecular weight is 270 g/mol. The van der Waals surface area contributed by atoms with Gasteiger partial charge >= 0.3 is 5.97 Å². The van der Waals surface area contributed by atoms with Gasteiger partial charge in [0, 0.05) is 11.6 Å². The molecular weight excluding hydrogens is 252 g/mol. The summed E-state index contributed by atoms with van der Waals surface area (Å²) in [5.41, 5.74) is 3.25. The van der Waals surface area contributed by atoms with Crippen molar-refractivity contribution in [1.82, 2.24) is 9.55 Å². The highest BCUT2D eigenvalue weighted by atomic mass is 16.4. The number of rotatable bonds is 2. The third-order valence-corrected chi connectivity index (χ3v) is 4.00. The third-order valence-electron chi connectivity index (χ3n) is 4.00. The second kappa shape index (κ2) is 4.78. The monoisotopic (exact) mass is 270 g/mol. The Balaban J connectivity index is 2.20. The van der Waals surface area contributed by atoms with Gasteiger partial charge in [-0.3, -0.25) is 0 Å². The van der Waals surface area contributed by atoms with Crippen LogP contribution in [0.15, 0.2) is 24.3 Å². The molecule has 1 aromatic heterocycles. The van der Waals surface area contributed by atoms with Gasteiger partial charge in [-0.2, -0.15) is 0 Å². The van der Waals surface area contributed by atoms with Crippen molar-refractivity contribution >= 4 is 5.97 Å². The summed E-state index contributed by atoms with van der Waals surface area (Å²) in [6.07, 6.45) is 2.90. The van der Waals surface area contributed by atoms with Crippen LogP contribution in [0.5, 0.6) is 0 Å². The van der Waals surface area contributed by atoms with Gasteiger partial charge in [-0.25, -0.2) is 9.78 Å². The van der Waals surface area contributed by atoms with Gasteiger partial charge in [0.2, 0.25) is 0 Å². The SMILES string of the molecule is Cc1ccc(-c2nc(C(=O)O)c3n2C(C)CCC3)cc1. The number of carboxylic acids is 1. The summed E-state index contributed by atoms with van der Waals surface area (Å²) in [6.45, 7) is 4.17. The molecule has 0 saturated heterocycles. The molecule has 20 heavy (non-hydrogen) atoms. The largest absolute Gasteiger partial charge is 0.476 e. The highest BCUT2D eigenvalue weighted by Gasteiger charge is 2.27. The van der Waals surface area contributed by atoms with Crippen molar-refractivity contribution < 1.29 is 9.90 Å². The number of aromatic nitrogens is 2. The molecule has 1 N–H and O–H groups in total. The Hall–Kier alpha value is -2.10. The molecule has 2 heterocycles. The number of aromatic carboxylic acids is 1. The van der Waals surface area contributed by atoms with Gasteiger partial charge in [-0.1, -0.05) is 29.8 Å². The number of hydrogen-bond acceptors (Lipinski definition) is 2. The van der Waals surface area contributed by atoms with Crippen LogP contribution in [0.2, 0.25) is 0 Å².